The minimum absolute atomic E-state index is 0.0572. The van der Waals surface area contributed by atoms with Gasteiger partial charge in [-0.2, -0.15) is 18.4 Å². The number of anilines is 1. The zero-order valence-electron chi connectivity index (χ0n) is 16.4. The first-order chi connectivity index (χ1) is 14.6. The molecule has 0 bridgehead atoms. The van der Waals surface area contributed by atoms with Crippen LogP contribution in [0.2, 0.25) is 0 Å². The van der Waals surface area contributed by atoms with E-state index in [2.05, 4.69) is 16.0 Å². The first-order valence-corrected chi connectivity index (χ1v) is 9.17. The van der Waals surface area contributed by atoms with E-state index in [1.807, 2.05) is 6.07 Å². The number of alkyl halides is 3. The van der Waals surface area contributed by atoms with Gasteiger partial charge in [-0.05, 0) is 37.1 Å². The second kappa shape index (κ2) is 12.2. The molecule has 0 spiro atoms. The average Bonchev–Trinajstić information content (AvgIpc) is 2.73. The van der Waals surface area contributed by atoms with E-state index in [0.29, 0.717) is 50.3 Å². The van der Waals surface area contributed by atoms with Gasteiger partial charge in [0.05, 0.1) is 11.6 Å². The van der Waals surface area contributed by atoms with Crippen LogP contribution in [0.4, 0.5) is 28.4 Å². The Kier molecular flexibility index (Phi) is 10.1. The molecule has 1 aliphatic heterocycles. The van der Waals surface area contributed by atoms with Crippen molar-refractivity contribution in [1.29, 1.82) is 5.26 Å². The summed E-state index contributed by atoms with van der Waals surface area (Å²) >= 11 is 0. The number of nitrogens with one attached hydrogen (secondary N) is 3. The largest absolute Gasteiger partial charge is 0.490 e. The number of carbonyl (C=O) groups is 3. The molecule has 0 aliphatic carbocycles. The van der Waals surface area contributed by atoms with Crippen molar-refractivity contribution in [3.8, 4) is 6.07 Å². The SMILES string of the molecule is N#Cc1ccc(NC(=O)N2CCC(NC(=O)NCCN)CC2)cc1.O=C(O)C(F)(F)F. The lowest BCUT2D eigenvalue weighted by Crippen LogP contribution is -2.50. The van der Waals surface area contributed by atoms with Crippen LogP contribution < -0.4 is 21.7 Å². The zero-order valence-corrected chi connectivity index (χ0v) is 16.4. The molecule has 1 aromatic rings. The molecule has 1 aromatic carbocycles. The van der Waals surface area contributed by atoms with Gasteiger partial charge < -0.3 is 31.7 Å². The van der Waals surface area contributed by atoms with Crippen molar-refractivity contribution in [1.82, 2.24) is 15.5 Å². The maximum absolute atomic E-state index is 12.2. The smallest absolute Gasteiger partial charge is 0.475 e. The number of hydrogen-bond donors (Lipinski definition) is 5. The summed E-state index contributed by atoms with van der Waals surface area (Å²) in [5, 5.41) is 24.2. The number of nitriles is 1. The first kappa shape index (κ1) is 25.5. The number of nitrogens with two attached hydrogens (primary N) is 1. The lowest BCUT2D eigenvalue weighted by Gasteiger charge is -2.32. The fraction of sp³-hybridized carbons (Fsp3) is 0.444. The minimum Gasteiger partial charge on any atom is -0.475 e. The molecule has 0 radical (unpaired) electrons. The van der Waals surface area contributed by atoms with Gasteiger partial charge >= 0.3 is 24.2 Å². The average molecular weight is 444 g/mol. The highest BCUT2D eigenvalue weighted by atomic mass is 19.4. The van der Waals surface area contributed by atoms with Crippen LogP contribution in [0.1, 0.15) is 18.4 Å². The van der Waals surface area contributed by atoms with Crippen LogP contribution >= 0.6 is 0 Å². The van der Waals surface area contributed by atoms with Crippen molar-refractivity contribution < 1.29 is 32.7 Å². The maximum atomic E-state index is 12.2. The summed E-state index contributed by atoms with van der Waals surface area (Å²) < 4.78 is 31.7. The summed E-state index contributed by atoms with van der Waals surface area (Å²) in [6, 6.07) is 8.41. The molecular weight excluding hydrogens is 421 g/mol. The van der Waals surface area contributed by atoms with E-state index in [9.17, 15) is 22.8 Å². The van der Waals surface area contributed by atoms with Crippen molar-refractivity contribution >= 4 is 23.7 Å². The second-order valence-electron chi connectivity index (χ2n) is 6.37. The molecular formula is C18H23F3N6O4. The molecule has 0 saturated carbocycles. The fourth-order valence-electron chi connectivity index (χ4n) is 2.48. The van der Waals surface area contributed by atoms with Gasteiger partial charge in [0.15, 0.2) is 0 Å². The quantitative estimate of drug-likeness (QED) is 0.472. The molecule has 4 amide bonds. The first-order valence-electron chi connectivity index (χ1n) is 9.17. The normalized spacial score (nSPS) is 13.8. The number of aliphatic carboxylic acids is 1. The number of halogens is 3. The molecule has 10 nitrogen and oxygen atoms in total. The van der Waals surface area contributed by atoms with Crippen LogP contribution in [0.3, 0.4) is 0 Å². The Morgan fingerprint density at radius 1 is 1.19 bits per heavy atom. The number of carbonyl (C=O) groups excluding carboxylic acids is 2. The predicted octanol–water partition coefficient (Wildman–Crippen LogP) is 1.45. The van der Waals surface area contributed by atoms with Crippen LogP contribution in [0.25, 0.3) is 0 Å². The number of nitrogens with zero attached hydrogens (tertiary/aromatic N) is 2. The lowest BCUT2D eigenvalue weighted by atomic mass is 10.1. The summed E-state index contributed by atoms with van der Waals surface area (Å²) in [5.41, 5.74) is 6.53. The van der Waals surface area contributed by atoms with Gasteiger partial charge in [0, 0.05) is 37.9 Å². The second-order valence-corrected chi connectivity index (χ2v) is 6.37. The summed E-state index contributed by atoms with van der Waals surface area (Å²) in [5.74, 6) is -2.76. The molecule has 1 aliphatic rings. The van der Waals surface area contributed by atoms with Crippen molar-refractivity contribution in [3.05, 3.63) is 29.8 Å². The summed E-state index contributed by atoms with van der Waals surface area (Å²) in [6.07, 6.45) is -3.67. The third kappa shape index (κ3) is 9.68. The molecule has 31 heavy (non-hydrogen) atoms. The van der Waals surface area contributed by atoms with Crippen molar-refractivity contribution in [2.75, 3.05) is 31.5 Å². The van der Waals surface area contributed by atoms with E-state index >= 15 is 0 Å². The predicted molar refractivity (Wildman–Crippen MR) is 104 cm³/mol. The minimum atomic E-state index is -5.08. The van der Waals surface area contributed by atoms with Gasteiger partial charge in [-0.3, -0.25) is 0 Å². The Labute approximate surface area is 176 Å². The Morgan fingerprint density at radius 2 is 1.74 bits per heavy atom. The van der Waals surface area contributed by atoms with Crippen LogP contribution in [-0.4, -0.2) is 66.4 Å². The standard InChI is InChI=1S/C16H22N6O2.C2HF3O2/c17-7-8-19-15(23)20-14-5-9-22(10-6-14)16(24)21-13-3-1-12(11-18)2-4-13;3-2(4,5)1(6)7/h1-4,14H,5-10,17H2,(H,21,24)(H2,19,20,23);(H,6,7). The number of urea groups is 2. The van der Waals surface area contributed by atoms with Crippen molar-refractivity contribution in [2.45, 2.75) is 25.1 Å². The van der Waals surface area contributed by atoms with Crippen LogP contribution in [-0.2, 0) is 4.79 Å². The zero-order chi connectivity index (χ0) is 23.4. The number of piperidine rings is 1. The monoisotopic (exact) mass is 444 g/mol. The number of rotatable bonds is 4. The third-order valence-electron chi connectivity index (χ3n) is 4.06. The summed E-state index contributed by atoms with van der Waals surface area (Å²) in [6.45, 7) is 1.99. The van der Waals surface area contributed by atoms with Gasteiger partial charge in [0.2, 0.25) is 0 Å². The number of hydrogen-bond acceptors (Lipinski definition) is 5. The highest BCUT2D eigenvalue weighted by molar-refractivity contribution is 5.89. The van der Waals surface area contributed by atoms with Gasteiger partial charge in [-0.15, -0.1) is 0 Å². The number of carboxylic acids is 1. The Bertz CT molecular complexity index is 787. The van der Waals surface area contributed by atoms with Crippen molar-refractivity contribution in [2.24, 2.45) is 5.73 Å². The fourth-order valence-corrected chi connectivity index (χ4v) is 2.48. The van der Waals surface area contributed by atoms with E-state index in [1.165, 1.54) is 0 Å². The molecule has 1 heterocycles. The highest BCUT2D eigenvalue weighted by Crippen LogP contribution is 2.14. The topological polar surface area (TPSA) is 161 Å². The van der Waals surface area contributed by atoms with Gasteiger partial charge in [-0.1, -0.05) is 0 Å². The van der Waals surface area contributed by atoms with Gasteiger partial charge in [0.1, 0.15) is 0 Å². The number of likely N-dealkylation sites (tertiary alicyclic amines) is 1. The van der Waals surface area contributed by atoms with Crippen LogP contribution in [0, 0.1) is 11.3 Å². The molecule has 6 N–H and O–H groups in total. The molecule has 170 valence electrons. The van der Waals surface area contributed by atoms with Gasteiger partial charge in [0.25, 0.3) is 0 Å². The summed E-state index contributed by atoms with van der Waals surface area (Å²) in [4.78, 5) is 34.4. The molecule has 0 unspecified atom stereocenters. The van der Waals surface area contributed by atoms with E-state index in [4.69, 9.17) is 20.9 Å². The number of benzene rings is 1. The van der Waals surface area contributed by atoms with E-state index in [1.54, 1.807) is 29.2 Å². The summed E-state index contributed by atoms with van der Waals surface area (Å²) in [7, 11) is 0. The maximum Gasteiger partial charge on any atom is 0.490 e. The van der Waals surface area contributed by atoms with Crippen molar-refractivity contribution in [3.63, 3.8) is 0 Å². The molecule has 2 rings (SSSR count). The molecule has 13 heteroatoms. The molecule has 0 atom stereocenters. The Balaban J connectivity index is 0.000000592. The molecule has 0 aromatic heterocycles. The van der Waals surface area contributed by atoms with E-state index in [0.717, 1.165) is 0 Å². The van der Waals surface area contributed by atoms with Crippen LogP contribution in [0.5, 0.6) is 0 Å². The number of amides is 4. The van der Waals surface area contributed by atoms with Gasteiger partial charge in [-0.25, -0.2) is 14.4 Å². The van der Waals surface area contributed by atoms with E-state index in [-0.39, 0.29) is 18.1 Å². The van der Waals surface area contributed by atoms with Crippen LogP contribution in [0.15, 0.2) is 24.3 Å². The van der Waals surface area contributed by atoms with E-state index < -0.39 is 12.1 Å². The highest BCUT2D eigenvalue weighted by Gasteiger charge is 2.38. The lowest BCUT2D eigenvalue weighted by molar-refractivity contribution is -0.192. The number of carboxylic acid groups (broad SMARTS) is 1. The third-order valence-corrected chi connectivity index (χ3v) is 4.06. The Morgan fingerprint density at radius 3 is 2.19 bits per heavy atom. The Hall–Kier alpha value is -3.53. The molecule has 1 saturated heterocycles. The molecule has 1 fully saturated rings.